The van der Waals surface area contributed by atoms with Crippen LogP contribution in [0.25, 0.3) is 0 Å². The average Bonchev–Trinajstić information content (AvgIpc) is 2.96. The standard InChI is InChI=1S/C15H16F2N2O3S/c1-10-7-13(17)14(9-12(10)16)23(21,22)18-15(20)8-11(2)19-5-3-4-6-19/h3-7,9,11H,8H2,1-2H3,(H,18,20). The molecule has 0 saturated heterocycles. The number of nitrogens with zero attached hydrogens (tertiary/aromatic N) is 1. The Morgan fingerprint density at radius 3 is 2.43 bits per heavy atom. The molecule has 23 heavy (non-hydrogen) atoms. The highest BCUT2D eigenvalue weighted by Crippen LogP contribution is 2.19. The molecule has 0 saturated carbocycles. The predicted octanol–water partition coefficient (Wildman–Crippen LogP) is 2.53. The summed E-state index contributed by atoms with van der Waals surface area (Å²) in [5.74, 6) is -2.77. The van der Waals surface area contributed by atoms with Crippen molar-refractivity contribution in [3.8, 4) is 0 Å². The molecule has 0 aliphatic rings. The fourth-order valence-corrected chi connectivity index (χ4v) is 3.16. The largest absolute Gasteiger partial charge is 0.351 e. The molecule has 1 unspecified atom stereocenters. The van der Waals surface area contributed by atoms with Crippen molar-refractivity contribution in [2.24, 2.45) is 0 Å². The van der Waals surface area contributed by atoms with Crippen molar-refractivity contribution in [2.45, 2.75) is 31.2 Å². The van der Waals surface area contributed by atoms with Crippen LogP contribution in [0, 0.1) is 18.6 Å². The van der Waals surface area contributed by atoms with E-state index in [0.29, 0.717) is 6.07 Å². The molecule has 0 radical (unpaired) electrons. The zero-order valence-corrected chi connectivity index (χ0v) is 13.4. The number of aryl methyl sites for hydroxylation is 1. The van der Waals surface area contributed by atoms with E-state index < -0.39 is 32.5 Å². The Morgan fingerprint density at radius 2 is 1.83 bits per heavy atom. The number of rotatable bonds is 5. The van der Waals surface area contributed by atoms with Crippen LogP contribution in [0.15, 0.2) is 41.6 Å². The number of benzene rings is 1. The fraction of sp³-hybridized carbons (Fsp3) is 0.267. The Hall–Kier alpha value is -2.22. The van der Waals surface area contributed by atoms with Crippen LogP contribution >= 0.6 is 0 Å². The van der Waals surface area contributed by atoms with Gasteiger partial charge in [0.2, 0.25) is 5.91 Å². The highest BCUT2D eigenvalue weighted by Gasteiger charge is 2.24. The lowest BCUT2D eigenvalue weighted by atomic mass is 10.2. The number of hydrogen-bond donors (Lipinski definition) is 1. The van der Waals surface area contributed by atoms with Crippen LogP contribution in [-0.2, 0) is 14.8 Å². The summed E-state index contributed by atoms with van der Waals surface area (Å²) in [4.78, 5) is 11.0. The third-order valence-electron chi connectivity index (χ3n) is 3.37. The summed E-state index contributed by atoms with van der Waals surface area (Å²) < 4.78 is 54.8. The maximum atomic E-state index is 13.8. The van der Waals surface area contributed by atoms with Gasteiger partial charge in [-0.15, -0.1) is 0 Å². The molecular weight excluding hydrogens is 326 g/mol. The van der Waals surface area contributed by atoms with Gasteiger partial charge in [-0.1, -0.05) is 0 Å². The van der Waals surface area contributed by atoms with Gasteiger partial charge in [-0.3, -0.25) is 4.79 Å². The molecule has 0 aliphatic carbocycles. The first-order chi connectivity index (χ1) is 10.7. The summed E-state index contributed by atoms with van der Waals surface area (Å²) in [7, 11) is -4.47. The maximum absolute atomic E-state index is 13.8. The SMILES string of the molecule is Cc1cc(F)c(S(=O)(=O)NC(=O)CC(C)n2cccc2)cc1F. The van der Waals surface area contributed by atoms with Crippen molar-refractivity contribution in [2.75, 3.05) is 0 Å². The van der Waals surface area contributed by atoms with E-state index in [1.807, 2.05) is 0 Å². The van der Waals surface area contributed by atoms with Crippen LogP contribution in [0.4, 0.5) is 8.78 Å². The van der Waals surface area contributed by atoms with E-state index in [4.69, 9.17) is 0 Å². The molecule has 0 aliphatic heterocycles. The number of carbonyl (C=O) groups excluding carboxylic acids is 1. The second-order valence-electron chi connectivity index (χ2n) is 5.24. The lowest BCUT2D eigenvalue weighted by molar-refractivity contribution is -0.120. The smallest absolute Gasteiger partial charge is 0.267 e. The van der Waals surface area contributed by atoms with Gasteiger partial charge >= 0.3 is 0 Å². The number of hydrogen-bond acceptors (Lipinski definition) is 3. The van der Waals surface area contributed by atoms with Crippen molar-refractivity contribution in [1.82, 2.24) is 9.29 Å². The van der Waals surface area contributed by atoms with Gasteiger partial charge in [-0.25, -0.2) is 21.9 Å². The number of amides is 1. The molecule has 1 heterocycles. The topological polar surface area (TPSA) is 68.2 Å². The molecule has 1 amide bonds. The van der Waals surface area contributed by atoms with Gasteiger partial charge in [0.25, 0.3) is 10.0 Å². The number of halogens is 2. The molecule has 5 nitrogen and oxygen atoms in total. The maximum Gasteiger partial charge on any atom is 0.267 e. The molecule has 0 fully saturated rings. The van der Waals surface area contributed by atoms with Crippen molar-refractivity contribution < 1.29 is 22.0 Å². The van der Waals surface area contributed by atoms with Gasteiger partial charge in [-0.2, -0.15) is 0 Å². The van der Waals surface area contributed by atoms with Gasteiger partial charge in [0.1, 0.15) is 16.5 Å². The molecule has 8 heteroatoms. The van der Waals surface area contributed by atoms with Crippen LogP contribution in [0.1, 0.15) is 24.9 Å². The molecule has 1 N–H and O–H groups in total. The van der Waals surface area contributed by atoms with Crippen LogP contribution in [0.2, 0.25) is 0 Å². The lowest BCUT2D eigenvalue weighted by Gasteiger charge is -2.14. The number of carbonyl (C=O) groups is 1. The average molecular weight is 342 g/mol. The Morgan fingerprint density at radius 1 is 1.22 bits per heavy atom. The van der Waals surface area contributed by atoms with E-state index in [1.165, 1.54) is 6.92 Å². The van der Waals surface area contributed by atoms with E-state index in [-0.39, 0.29) is 18.0 Å². The van der Waals surface area contributed by atoms with Crippen LogP contribution in [-0.4, -0.2) is 18.9 Å². The van der Waals surface area contributed by atoms with Crippen molar-refractivity contribution in [1.29, 1.82) is 0 Å². The van der Waals surface area contributed by atoms with E-state index in [2.05, 4.69) is 0 Å². The van der Waals surface area contributed by atoms with Crippen LogP contribution in [0.3, 0.4) is 0 Å². The highest BCUT2D eigenvalue weighted by molar-refractivity contribution is 7.90. The third kappa shape index (κ3) is 3.95. The summed E-state index contributed by atoms with van der Waals surface area (Å²) >= 11 is 0. The first-order valence-electron chi connectivity index (χ1n) is 6.84. The lowest BCUT2D eigenvalue weighted by Crippen LogP contribution is -2.32. The third-order valence-corrected chi connectivity index (χ3v) is 4.76. The Bertz CT molecular complexity index is 817. The van der Waals surface area contributed by atoms with Crippen LogP contribution in [0.5, 0.6) is 0 Å². The van der Waals surface area contributed by atoms with E-state index in [1.54, 1.807) is 40.7 Å². The predicted molar refractivity (Wildman–Crippen MR) is 80.2 cm³/mol. The summed E-state index contributed by atoms with van der Waals surface area (Å²) in [6, 6.07) is 4.61. The summed E-state index contributed by atoms with van der Waals surface area (Å²) in [6.45, 7) is 3.05. The molecule has 0 bridgehead atoms. The van der Waals surface area contributed by atoms with E-state index in [0.717, 1.165) is 6.07 Å². The first kappa shape index (κ1) is 17.1. The van der Waals surface area contributed by atoms with Gasteiger partial charge in [0.05, 0.1) is 0 Å². The second-order valence-corrected chi connectivity index (χ2v) is 6.89. The summed E-state index contributed by atoms with van der Waals surface area (Å²) in [6.07, 6.45) is 3.35. The number of sulfonamides is 1. The summed E-state index contributed by atoms with van der Waals surface area (Å²) in [5, 5.41) is 0. The van der Waals surface area contributed by atoms with Crippen LogP contribution < -0.4 is 4.72 Å². The molecule has 2 rings (SSSR count). The normalized spacial score (nSPS) is 12.9. The van der Waals surface area contributed by atoms with Crippen molar-refractivity contribution in [3.05, 3.63) is 53.9 Å². The molecule has 124 valence electrons. The van der Waals surface area contributed by atoms with Gasteiger partial charge in [0.15, 0.2) is 0 Å². The molecule has 0 spiro atoms. The Kier molecular flexibility index (Phi) is 4.84. The minimum Gasteiger partial charge on any atom is -0.351 e. The van der Waals surface area contributed by atoms with E-state index in [9.17, 15) is 22.0 Å². The summed E-state index contributed by atoms with van der Waals surface area (Å²) in [5.41, 5.74) is -0.0194. The zero-order valence-electron chi connectivity index (χ0n) is 12.6. The van der Waals surface area contributed by atoms with Gasteiger partial charge in [-0.05, 0) is 43.7 Å². The minimum absolute atomic E-state index is 0.0194. The molecule has 2 aromatic rings. The molecule has 1 aromatic carbocycles. The highest BCUT2D eigenvalue weighted by atomic mass is 32.2. The minimum atomic E-state index is -4.47. The second kappa shape index (κ2) is 6.49. The molecule has 1 aromatic heterocycles. The number of nitrogens with one attached hydrogen (secondary N) is 1. The monoisotopic (exact) mass is 342 g/mol. The first-order valence-corrected chi connectivity index (χ1v) is 8.33. The number of aromatic nitrogens is 1. The van der Waals surface area contributed by atoms with Gasteiger partial charge in [0, 0.05) is 24.9 Å². The van der Waals surface area contributed by atoms with Crippen molar-refractivity contribution in [3.63, 3.8) is 0 Å². The van der Waals surface area contributed by atoms with E-state index >= 15 is 0 Å². The Labute approximate surface area is 133 Å². The molecule has 1 atom stereocenters. The van der Waals surface area contributed by atoms with Crippen molar-refractivity contribution >= 4 is 15.9 Å². The quantitative estimate of drug-likeness (QED) is 0.908. The molecular formula is C15H16F2N2O3S. The Balaban J connectivity index is 2.15. The van der Waals surface area contributed by atoms with Gasteiger partial charge < -0.3 is 4.57 Å². The zero-order chi connectivity index (χ0) is 17.2. The fourth-order valence-electron chi connectivity index (χ4n) is 2.10.